The lowest BCUT2D eigenvalue weighted by Crippen LogP contribution is -2.49. The molecule has 0 spiro atoms. The number of nitrogens with zero attached hydrogens (tertiary/aromatic N) is 1. The largest absolute Gasteiger partial charge is 0.244 e. The number of hydrogen-bond acceptors (Lipinski definition) is 2. The van der Waals surface area contributed by atoms with Crippen LogP contribution in [0, 0.1) is 5.92 Å². The van der Waals surface area contributed by atoms with Crippen LogP contribution in [-0.2, 0) is 10.0 Å². The van der Waals surface area contributed by atoms with E-state index in [1.54, 1.807) is 30.3 Å². The second-order valence-corrected chi connectivity index (χ2v) is 9.20. The van der Waals surface area contributed by atoms with Crippen LogP contribution in [-0.4, -0.2) is 28.6 Å². The highest BCUT2D eigenvalue weighted by Gasteiger charge is 2.56. The van der Waals surface area contributed by atoms with Gasteiger partial charge in [-0.1, -0.05) is 65.2 Å². The van der Waals surface area contributed by atoms with Crippen LogP contribution in [0.5, 0.6) is 0 Å². The molecule has 1 aliphatic heterocycles. The molecule has 0 radical (unpaired) electrons. The maximum absolute atomic E-state index is 12.8. The van der Waals surface area contributed by atoms with Gasteiger partial charge in [-0.15, -0.1) is 0 Å². The van der Waals surface area contributed by atoms with Crippen molar-refractivity contribution in [3.8, 4) is 0 Å². The molecule has 0 amide bonds. The molecule has 3 rings (SSSR count). The molecule has 1 saturated heterocycles. The molecule has 3 unspecified atom stereocenters. The van der Waals surface area contributed by atoms with Crippen molar-refractivity contribution in [2.45, 2.75) is 27.2 Å². The summed E-state index contributed by atoms with van der Waals surface area (Å²) >= 11 is 18.0. The summed E-state index contributed by atoms with van der Waals surface area (Å²) in [5.74, 6) is -0.0500. The summed E-state index contributed by atoms with van der Waals surface area (Å²) in [5, 5.41) is 0. The first-order chi connectivity index (χ1) is 9.32. The average molecular weight is 353 g/mol. The molecule has 1 aliphatic carbocycles. The number of benzene rings is 1. The zero-order valence-electron chi connectivity index (χ0n) is 10.3. The average Bonchev–Trinajstić information content (AvgIpc) is 2.99. The molecule has 3 nitrogen and oxygen atoms in total. The van der Waals surface area contributed by atoms with Crippen LogP contribution in [0.25, 0.3) is 0 Å². The number of halogens is 3. The minimum Gasteiger partial charge on any atom is -0.207 e. The Balaban J connectivity index is 2.07. The van der Waals surface area contributed by atoms with Crippen LogP contribution in [0.1, 0.15) is 6.42 Å². The monoisotopic (exact) mass is 351 g/mol. The van der Waals surface area contributed by atoms with Crippen molar-refractivity contribution in [3.63, 3.8) is 0 Å². The van der Waals surface area contributed by atoms with Gasteiger partial charge in [-0.3, -0.25) is 0 Å². The fraction of sp³-hybridized carbons (Fsp3) is 0.385. The highest BCUT2D eigenvalue weighted by Crippen LogP contribution is 2.50. The van der Waals surface area contributed by atoms with Gasteiger partial charge in [-0.2, -0.15) is 4.31 Å². The van der Waals surface area contributed by atoms with Crippen molar-refractivity contribution in [2.24, 2.45) is 5.92 Å². The molecule has 2 bridgehead atoms. The van der Waals surface area contributed by atoms with Gasteiger partial charge in [0.1, 0.15) is 0 Å². The number of hydrogen-bond donors (Lipinski definition) is 0. The molecule has 7 heteroatoms. The first-order valence-electron chi connectivity index (χ1n) is 6.15. The van der Waals surface area contributed by atoms with Crippen molar-refractivity contribution in [1.29, 1.82) is 0 Å². The van der Waals surface area contributed by atoms with Gasteiger partial charge < -0.3 is 0 Å². The zero-order valence-corrected chi connectivity index (χ0v) is 13.4. The molecular formula is C13H12Cl3NO2S. The Hall–Kier alpha value is -0.260. The summed E-state index contributed by atoms with van der Waals surface area (Å²) in [5.41, 5.74) is 0. The van der Waals surface area contributed by atoms with Crippen LogP contribution in [0.15, 0.2) is 47.4 Å². The van der Waals surface area contributed by atoms with Gasteiger partial charge in [-0.05, 0) is 24.5 Å². The second kappa shape index (κ2) is 4.89. The molecule has 2 aliphatic rings. The van der Waals surface area contributed by atoms with Gasteiger partial charge in [0.2, 0.25) is 13.8 Å². The molecule has 1 heterocycles. The quantitative estimate of drug-likeness (QED) is 0.604. The summed E-state index contributed by atoms with van der Waals surface area (Å²) in [6, 6.07) is 7.35. The Bertz CT molecular complexity index is 639. The Kier molecular flexibility index (Phi) is 3.58. The summed E-state index contributed by atoms with van der Waals surface area (Å²) in [4.78, 5) is 0.222. The van der Waals surface area contributed by atoms with Crippen molar-refractivity contribution >= 4 is 44.8 Å². The van der Waals surface area contributed by atoms with E-state index in [1.807, 2.05) is 12.2 Å². The molecule has 20 heavy (non-hydrogen) atoms. The van der Waals surface area contributed by atoms with Crippen LogP contribution in [0.2, 0.25) is 0 Å². The smallest absolute Gasteiger partial charge is 0.207 e. The lowest BCUT2D eigenvalue weighted by Gasteiger charge is -2.35. The molecule has 1 aromatic rings. The van der Waals surface area contributed by atoms with Crippen molar-refractivity contribution in [1.82, 2.24) is 4.31 Å². The van der Waals surface area contributed by atoms with Crippen LogP contribution >= 0.6 is 34.8 Å². The predicted octanol–water partition coefficient (Wildman–Crippen LogP) is 3.37. The van der Waals surface area contributed by atoms with E-state index in [1.165, 1.54) is 4.31 Å². The summed E-state index contributed by atoms with van der Waals surface area (Å²) < 4.78 is 25.3. The zero-order chi connectivity index (χ0) is 14.5. The van der Waals surface area contributed by atoms with Crippen LogP contribution in [0.4, 0.5) is 0 Å². The molecule has 0 aromatic heterocycles. The van der Waals surface area contributed by atoms with E-state index in [0.29, 0.717) is 6.42 Å². The number of rotatable bonds is 2. The van der Waals surface area contributed by atoms with E-state index >= 15 is 0 Å². The van der Waals surface area contributed by atoms with Gasteiger partial charge in [0.25, 0.3) is 0 Å². The molecule has 108 valence electrons. The summed E-state index contributed by atoms with van der Waals surface area (Å²) in [6.45, 7) is 0. The third-order valence-corrected chi connectivity index (χ3v) is 6.35. The molecule has 1 fully saturated rings. The summed E-state index contributed by atoms with van der Waals surface area (Å²) in [6.07, 6.45) is 4.48. The lowest BCUT2D eigenvalue weighted by molar-refractivity contribution is 0.327. The van der Waals surface area contributed by atoms with Crippen molar-refractivity contribution in [2.75, 3.05) is 0 Å². The Morgan fingerprint density at radius 1 is 1.10 bits per heavy atom. The molecule has 1 aromatic carbocycles. The Labute approximate surface area is 133 Å². The van der Waals surface area contributed by atoms with E-state index in [9.17, 15) is 8.42 Å². The van der Waals surface area contributed by atoms with E-state index in [0.717, 1.165) is 0 Å². The molecule has 0 saturated carbocycles. The number of alkyl halides is 3. The van der Waals surface area contributed by atoms with Crippen molar-refractivity contribution < 1.29 is 8.42 Å². The highest BCUT2D eigenvalue weighted by molar-refractivity contribution is 7.89. The van der Waals surface area contributed by atoms with Crippen LogP contribution < -0.4 is 0 Å². The lowest BCUT2D eigenvalue weighted by atomic mass is 10.0. The van der Waals surface area contributed by atoms with Gasteiger partial charge >= 0.3 is 0 Å². The summed E-state index contributed by atoms with van der Waals surface area (Å²) in [7, 11) is -3.67. The number of fused-ring (bicyclic) bond motifs is 2. The van der Waals surface area contributed by atoms with Gasteiger partial charge in [0.15, 0.2) is 0 Å². The first kappa shape index (κ1) is 14.7. The minimum atomic E-state index is -3.67. The van der Waals surface area contributed by atoms with E-state index in [4.69, 9.17) is 34.8 Å². The fourth-order valence-corrected chi connectivity index (χ4v) is 5.80. The highest BCUT2D eigenvalue weighted by atomic mass is 35.6. The Morgan fingerprint density at radius 2 is 1.75 bits per heavy atom. The normalized spacial score (nSPS) is 30.1. The SMILES string of the molecule is O=S(=O)(c1ccccc1)N1C2C=CC(C2)C1C(Cl)(Cl)Cl. The third-order valence-electron chi connectivity index (χ3n) is 3.75. The van der Waals surface area contributed by atoms with Crippen molar-refractivity contribution in [3.05, 3.63) is 42.5 Å². The van der Waals surface area contributed by atoms with Gasteiger partial charge in [0.05, 0.1) is 10.9 Å². The minimum absolute atomic E-state index is 0.0500. The maximum atomic E-state index is 12.8. The maximum Gasteiger partial charge on any atom is 0.244 e. The number of sulfonamides is 1. The van der Waals surface area contributed by atoms with Crippen LogP contribution in [0.3, 0.4) is 0 Å². The Morgan fingerprint density at radius 3 is 2.35 bits per heavy atom. The fourth-order valence-electron chi connectivity index (χ4n) is 2.95. The standard InChI is InChI=1S/C13H12Cl3NO2S/c14-13(15,16)12-9-6-7-10(8-9)17(12)20(18,19)11-4-2-1-3-5-11/h1-7,9-10,12H,8H2. The third kappa shape index (κ3) is 2.28. The van der Waals surface area contributed by atoms with E-state index < -0.39 is 19.9 Å². The van der Waals surface area contributed by atoms with Gasteiger partial charge in [0, 0.05) is 6.04 Å². The first-order valence-corrected chi connectivity index (χ1v) is 8.73. The molecule has 0 N–H and O–H groups in total. The van der Waals surface area contributed by atoms with E-state index in [2.05, 4.69) is 0 Å². The molecular weight excluding hydrogens is 341 g/mol. The topological polar surface area (TPSA) is 37.4 Å². The second-order valence-electron chi connectivity index (χ2n) is 4.99. The predicted molar refractivity (Wildman–Crippen MR) is 80.6 cm³/mol. The van der Waals surface area contributed by atoms with E-state index in [-0.39, 0.29) is 16.9 Å². The molecule has 3 atom stereocenters. The van der Waals surface area contributed by atoms with Gasteiger partial charge in [-0.25, -0.2) is 8.42 Å².